The first-order valence-electron chi connectivity index (χ1n) is 50.8. The molecule has 4 aromatic rings. The summed E-state index contributed by atoms with van der Waals surface area (Å²) in [6.07, 6.45) is 25.3. The summed E-state index contributed by atoms with van der Waals surface area (Å²) in [7, 11) is 0. The van der Waals surface area contributed by atoms with Crippen molar-refractivity contribution in [2.75, 3.05) is 0 Å². The standard InChI is InChI=1S/C28H41NO7.C28H41NO6S.C28H41NO6.C28H41NO5S/c1-16-8-7-9-28(6)13-19(28)11-21(17(2)10-20-15-35-23(14-30)29-20)36-24(32)12-22(31)27(4,5)26(34)18(3)25(16)33;1-16-8-7-9-28(6)13-19(28)11-21(17(2)10-20-15-36-23(14-30)29-20)35-24(32)12-22(31)27(4,5)26(34)18(3)25(16)33;1-16-9-8-10-28(7)14-20(28)12-22(17(2)11-21-15-34-19(4)29-21)35-24(31)13-23(30)27(5,6)26(33)18(3)25(16)32;1-16-9-8-10-28(7)14-20(28)12-22(17(2)11-21-15-35-19(4)29-21)34-24(31)13-23(30)27(5,6)26(33)18(3)25(16)32/h2*7-8,10,15-16,18-19,21-22,25,30-31,33H,9,11-14H2,1-6H3;2*8-9,11,15-16,18,20,22-23,25,30,32H,10,12-14H2,1-7H3/b2*8-7+,17-10+;2*9-8+,17-11+/t2*16-,18+,19?,21-,22-,25-,28?;2*16-,18+,20?,22-,23-,25-,28?/m0000/s1. The maximum Gasteiger partial charge on any atom is 0.309 e. The number of esters is 4. The minimum atomic E-state index is -1.26. The first-order chi connectivity index (χ1) is 66.0. The predicted octanol–water partition coefficient (Wildman–Crippen LogP) is 17.9. The number of fused-ring (bicyclic) bond motifs is 4. The molecular formula is C112H164N4O24S2. The van der Waals surface area contributed by atoms with Crippen molar-refractivity contribution in [1.29, 1.82) is 0 Å². The van der Waals surface area contributed by atoms with Crippen LogP contribution in [-0.2, 0) is 70.5 Å². The van der Waals surface area contributed by atoms with E-state index in [1.165, 1.54) is 17.6 Å². The molecule has 788 valence electrons. The molecule has 0 spiro atoms. The van der Waals surface area contributed by atoms with Crippen LogP contribution in [0.15, 0.2) is 103 Å². The van der Waals surface area contributed by atoms with Crippen LogP contribution in [0.3, 0.4) is 0 Å². The van der Waals surface area contributed by atoms with E-state index in [4.69, 9.17) is 27.8 Å². The van der Waals surface area contributed by atoms with Gasteiger partial charge in [0, 0.05) is 65.0 Å². The van der Waals surface area contributed by atoms with Crippen molar-refractivity contribution in [3.63, 3.8) is 0 Å². The van der Waals surface area contributed by atoms with E-state index >= 15 is 0 Å². The zero-order chi connectivity index (χ0) is 106. The Morgan fingerprint density at radius 2 is 0.620 bits per heavy atom. The number of carbonyl (C=O) groups excluding carboxylic acids is 8. The molecule has 30 heteroatoms. The number of hydrogen-bond donors (Lipinski definition) is 10. The van der Waals surface area contributed by atoms with Crippen molar-refractivity contribution in [2.24, 2.45) is 114 Å². The van der Waals surface area contributed by atoms with Crippen LogP contribution in [0.4, 0.5) is 0 Å². The summed E-state index contributed by atoms with van der Waals surface area (Å²) in [5.74, 6) is -4.70. The number of aryl methyl sites for hydroxylation is 2. The zero-order valence-corrected chi connectivity index (χ0v) is 90.2. The van der Waals surface area contributed by atoms with Gasteiger partial charge in [-0.1, -0.05) is 187 Å². The highest BCUT2D eigenvalue weighted by Gasteiger charge is 2.56. The lowest BCUT2D eigenvalue weighted by Crippen LogP contribution is -2.45. The van der Waals surface area contributed by atoms with Crippen LogP contribution in [0.25, 0.3) is 24.3 Å². The Kier molecular flexibility index (Phi) is 40.2. The number of rotatable bonds is 10. The van der Waals surface area contributed by atoms with E-state index < -0.39 is 142 Å². The minimum Gasteiger partial charge on any atom is -0.458 e. The van der Waals surface area contributed by atoms with Crippen molar-refractivity contribution in [3.05, 3.63) is 139 Å². The second-order valence-electron chi connectivity index (χ2n) is 46.2. The van der Waals surface area contributed by atoms with E-state index in [1.807, 2.05) is 116 Å². The normalized spacial score (nSPS) is 37.5. The van der Waals surface area contributed by atoms with Gasteiger partial charge in [0.15, 0.2) is 5.89 Å². The van der Waals surface area contributed by atoms with Gasteiger partial charge < -0.3 is 78.8 Å². The number of hydrogen-bond acceptors (Lipinski definition) is 30. The molecule has 4 fully saturated rings. The first kappa shape index (κ1) is 117. The Balaban J connectivity index is 0.000000211. The summed E-state index contributed by atoms with van der Waals surface area (Å²) in [4.78, 5) is 122. The van der Waals surface area contributed by atoms with Crippen LogP contribution in [0.5, 0.6) is 0 Å². The van der Waals surface area contributed by atoms with Crippen LogP contribution in [0.1, 0.15) is 313 Å². The molecule has 8 unspecified atom stereocenters. The minimum absolute atomic E-state index is 0.0596. The topological polar surface area (TPSA) is 454 Å². The average Bonchev–Trinajstić information content (AvgIpc) is 1.62. The smallest absolute Gasteiger partial charge is 0.309 e. The van der Waals surface area contributed by atoms with E-state index in [0.717, 1.165) is 84.4 Å². The monoisotopic (exact) mass is 2010 g/mol. The van der Waals surface area contributed by atoms with E-state index in [2.05, 4.69) is 71.9 Å². The summed E-state index contributed by atoms with van der Waals surface area (Å²) in [6, 6.07) is 0. The van der Waals surface area contributed by atoms with Crippen LogP contribution < -0.4 is 0 Å². The molecule has 28 atom stereocenters. The van der Waals surface area contributed by atoms with E-state index in [0.29, 0.717) is 77.3 Å². The highest BCUT2D eigenvalue weighted by molar-refractivity contribution is 7.10. The molecule has 8 heterocycles. The van der Waals surface area contributed by atoms with Crippen molar-refractivity contribution in [2.45, 2.75) is 369 Å². The maximum absolute atomic E-state index is 13.2. The SMILES string of the molecule is C/C(=C\c1coc(C)n1)[C@@H]1CC2CC2(C)C/C=C/[C@H](C)[C@H](O)[C@@H](C)C(=O)C(C)(C)[C@@H](O)CC(=O)O1.C/C(=C\c1coc(CO)n1)[C@@H]1CC2CC2(C)C/C=C/[C@H](C)[C@H](O)[C@@H](C)C(=O)C(C)(C)[C@@H](O)CC(=O)O1.C/C(=C\c1csc(C)n1)[C@@H]1CC2CC2(C)C/C=C/[C@H](C)[C@H](O)[C@@H](C)C(=O)C(C)(C)[C@@H](O)CC(=O)O1.C/C(=C\c1csc(CO)n1)[C@@H]1CC2CC2(C)C/C=C/[C@H](C)[C@H](O)[C@@H](C)C(=O)C(C)(C)[C@@H](O)CC(=O)O1. The lowest BCUT2D eigenvalue weighted by Gasteiger charge is -2.34. The van der Waals surface area contributed by atoms with Gasteiger partial charge in [0.1, 0.15) is 83.1 Å². The molecule has 0 amide bonds. The molecule has 0 radical (unpaired) electrons. The van der Waals surface area contributed by atoms with Crippen molar-refractivity contribution < 1.29 is 117 Å². The number of nitrogens with zero attached hydrogens (tertiary/aromatic N) is 4. The van der Waals surface area contributed by atoms with Gasteiger partial charge in [-0.2, -0.15) is 0 Å². The largest absolute Gasteiger partial charge is 0.458 e. The van der Waals surface area contributed by atoms with Gasteiger partial charge in [0.25, 0.3) is 0 Å². The van der Waals surface area contributed by atoms with Gasteiger partial charge in [-0.15, -0.1) is 22.7 Å². The molecular weight excluding hydrogens is 1850 g/mol. The Morgan fingerprint density at radius 3 is 0.859 bits per heavy atom. The molecule has 4 aromatic heterocycles. The van der Waals surface area contributed by atoms with Crippen LogP contribution in [0.2, 0.25) is 0 Å². The number of ether oxygens (including phenoxy) is 4. The zero-order valence-electron chi connectivity index (χ0n) is 88.6. The molecule has 4 aliphatic carbocycles. The van der Waals surface area contributed by atoms with Crippen molar-refractivity contribution in [1.82, 2.24) is 19.9 Å². The molecule has 12 rings (SSSR count). The Hall–Kier alpha value is -8.24. The van der Waals surface area contributed by atoms with Gasteiger partial charge in [-0.25, -0.2) is 19.9 Å². The number of thiazole rings is 2. The molecule has 0 bridgehead atoms. The second-order valence-corrected chi connectivity index (χ2v) is 48.2. The molecule has 4 saturated carbocycles. The van der Waals surface area contributed by atoms with Gasteiger partial charge >= 0.3 is 23.9 Å². The number of carbonyl (C=O) groups is 8. The van der Waals surface area contributed by atoms with Gasteiger partial charge in [0.2, 0.25) is 5.89 Å². The summed E-state index contributed by atoms with van der Waals surface area (Å²) >= 11 is 2.95. The number of cyclic esters (lactones) is 4. The Labute approximate surface area is 848 Å². The fraction of sp³-hybridized carbons (Fsp3) is 0.679. The molecule has 10 N–H and O–H groups in total. The van der Waals surface area contributed by atoms with Crippen LogP contribution >= 0.6 is 22.7 Å². The number of allylic oxidation sites excluding steroid dienone is 4. The van der Waals surface area contributed by atoms with Crippen molar-refractivity contribution >= 4 is 94.0 Å². The van der Waals surface area contributed by atoms with E-state index in [9.17, 15) is 89.4 Å². The third kappa shape index (κ3) is 30.5. The van der Waals surface area contributed by atoms with Gasteiger partial charge in [0.05, 0.1) is 119 Å². The summed E-state index contributed by atoms with van der Waals surface area (Å²) in [5, 5.41) is 111. The second kappa shape index (κ2) is 48.6. The summed E-state index contributed by atoms with van der Waals surface area (Å²) < 4.78 is 34.1. The average molecular weight is 2010 g/mol. The first-order valence-corrected chi connectivity index (χ1v) is 52.5. The highest BCUT2D eigenvalue weighted by atomic mass is 32.1. The molecule has 4 aliphatic heterocycles. The number of aromatic nitrogens is 4. The molecule has 28 nitrogen and oxygen atoms in total. The summed E-state index contributed by atoms with van der Waals surface area (Å²) in [5.41, 5.74) is 1.61. The van der Waals surface area contributed by atoms with E-state index in [-0.39, 0.29) is 113 Å². The van der Waals surface area contributed by atoms with E-state index in [1.54, 1.807) is 114 Å². The van der Waals surface area contributed by atoms with Crippen molar-refractivity contribution in [3.8, 4) is 0 Å². The molecule has 0 saturated heterocycles. The third-order valence-corrected chi connectivity index (χ3v) is 34.4. The molecule has 8 aliphatic rings. The predicted molar refractivity (Wildman–Crippen MR) is 546 cm³/mol. The Morgan fingerprint density at radius 1 is 0.359 bits per heavy atom. The molecule has 0 aromatic carbocycles. The highest BCUT2D eigenvalue weighted by Crippen LogP contribution is 2.62. The fourth-order valence-electron chi connectivity index (χ4n) is 20.5. The maximum atomic E-state index is 13.2. The number of ketones is 4. The Bertz CT molecular complexity index is 4970. The summed E-state index contributed by atoms with van der Waals surface area (Å²) in [6.45, 7) is 47.0. The number of oxazole rings is 2. The number of aliphatic hydroxyl groups excluding tert-OH is 10. The van der Waals surface area contributed by atoms with Gasteiger partial charge in [-0.3, -0.25) is 38.4 Å². The molecule has 142 heavy (non-hydrogen) atoms. The number of aliphatic hydroxyl groups is 10. The quantitative estimate of drug-likeness (QED) is 0.0400. The van der Waals surface area contributed by atoms with Crippen LogP contribution in [0, 0.1) is 128 Å². The van der Waals surface area contributed by atoms with Crippen LogP contribution in [-0.4, -0.2) is 191 Å². The fourth-order valence-corrected chi connectivity index (χ4v) is 21.7. The lowest BCUT2D eigenvalue weighted by molar-refractivity contribution is -0.156. The number of Topliss-reactive ketones (excluding diaryl/α,β-unsaturated/α-hetero) is 4. The lowest BCUT2D eigenvalue weighted by atomic mass is 9.73. The third-order valence-electron chi connectivity index (χ3n) is 32.7. The van der Waals surface area contributed by atoms with Gasteiger partial charge in [-0.05, 0) is 204 Å².